The molecule has 2 aromatic heterocycles. The minimum atomic E-state index is -0.906. The summed E-state index contributed by atoms with van der Waals surface area (Å²) in [7, 11) is 0. The molecule has 1 unspecified atom stereocenters. The zero-order chi connectivity index (χ0) is 22.8. The van der Waals surface area contributed by atoms with Gasteiger partial charge in [-0.1, -0.05) is 29.5 Å². The third-order valence-corrected chi connectivity index (χ3v) is 5.86. The van der Waals surface area contributed by atoms with Gasteiger partial charge in [0.1, 0.15) is 0 Å². The maximum absolute atomic E-state index is 13.4. The van der Waals surface area contributed by atoms with Crippen LogP contribution in [0.4, 0.5) is 5.69 Å². The molecule has 3 heterocycles. The molecule has 0 N–H and O–H groups in total. The Kier molecular flexibility index (Phi) is 5.78. The molecule has 1 aliphatic rings. The third-order valence-electron chi connectivity index (χ3n) is 4.88. The molecule has 10 heteroatoms. The second-order valence-corrected chi connectivity index (χ2v) is 7.92. The highest BCUT2D eigenvalue weighted by Crippen LogP contribution is 2.32. The number of fused-ring (bicyclic) bond motifs is 1. The zero-order valence-corrected chi connectivity index (χ0v) is 18.0. The third kappa shape index (κ3) is 3.87. The van der Waals surface area contributed by atoms with Crippen LogP contribution in [0.1, 0.15) is 31.1 Å². The van der Waals surface area contributed by atoms with Gasteiger partial charge >= 0.3 is 5.97 Å². The standard InChI is InChI=1S/C22H18N4O5S/c1-3-31-21(28)18-13(2)24-22-25(19(18)14-7-6-9-16(11-14)26(29)30)20(27)17(32-22)12-15-8-4-5-10-23-15/h4-12,19H,3H2,1-2H3/b17-12-. The number of rotatable bonds is 5. The molecule has 3 aromatic rings. The summed E-state index contributed by atoms with van der Waals surface area (Å²) in [5, 5.41) is 11.3. The predicted molar refractivity (Wildman–Crippen MR) is 118 cm³/mol. The van der Waals surface area contributed by atoms with Crippen LogP contribution in [0.5, 0.6) is 0 Å². The highest BCUT2D eigenvalue weighted by molar-refractivity contribution is 7.07. The minimum absolute atomic E-state index is 0.140. The Balaban J connectivity index is 1.98. The number of thiazole rings is 1. The normalized spacial score (nSPS) is 15.8. The Bertz CT molecular complexity index is 1420. The van der Waals surface area contributed by atoms with E-state index in [0.717, 1.165) is 11.3 Å². The Morgan fingerprint density at radius 1 is 1.31 bits per heavy atom. The van der Waals surface area contributed by atoms with E-state index >= 15 is 0 Å². The van der Waals surface area contributed by atoms with Crippen molar-refractivity contribution in [1.82, 2.24) is 9.55 Å². The van der Waals surface area contributed by atoms with E-state index in [1.54, 1.807) is 44.3 Å². The summed E-state index contributed by atoms with van der Waals surface area (Å²) in [5.41, 5.74) is 1.07. The number of nitrogens with zero attached hydrogens (tertiary/aromatic N) is 4. The second kappa shape index (κ2) is 8.67. The van der Waals surface area contributed by atoms with E-state index in [2.05, 4.69) is 9.98 Å². The van der Waals surface area contributed by atoms with Crippen molar-refractivity contribution >= 4 is 29.1 Å². The van der Waals surface area contributed by atoms with E-state index in [0.29, 0.717) is 26.3 Å². The molecule has 1 atom stereocenters. The maximum Gasteiger partial charge on any atom is 0.338 e. The molecule has 0 bridgehead atoms. The average molecular weight is 450 g/mol. The number of pyridine rings is 1. The van der Waals surface area contributed by atoms with E-state index in [1.165, 1.54) is 22.8 Å². The predicted octanol–water partition coefficient (Wildman–Crippen LogP) is 2.10. The lowest BCUT2D eigenvalue weighted by Gasteiger charge is -2.24. The van der Waals surface area contributed by atoms with Crippen LogP contribution in [0.25, 0.3) is 6.08 Å². The van der Waals surface area contributed by atoms with Crippen molar-refractivity contribution in [3.05, 3.63) is 101 Å². The first-order chi connectivity index (χ1) is 15.4. The molecule has 0 aliphatic carbocycles. The van der Waals surface area contributed by atoms with Gasteiger partial charge in [0, 0.05) is 18.3 Å². The molecule has 162 valence electrons. The molecule has 9 nitrogen and oxygen atoms in total. The number of hydrogen-bond acceptors (Lipinski definition) is 8. The first-order valence-corrected chi connectivity index (χ1v) is 10.6. The van der Waals surface area contributed by atoms with Crippen molar-refractivity contribution in [2.45, 2.75) is 19.9 Å². The summed E-state index contributed by atoms with van der Waals surface area (Å²) in [5.74, 6) is -0.621. The van der Waals surface area contributed by atoms with Crippen molar-refractivity contribution in [2.24, 2.45) is 4.99 Å². The summed E-state index contributed by atoms with van der Waals surface area (Å²) in [6, 6.07) is 10.3. The first-order valence-electron chi connectivity index (χ1n) is 9.75. The van der Waals surface area contributed by atoms with Crippen LogP contribution in [-0.2, 0) is 9.53 Å². The fourth-order valence-electron chi connectivity index (χ4n) is 3.51. The van der Waals surface area contributed by atoms with Crippen LogP contribution < -0.4 is 14.9 Å². The average Bonchev–Trinajstić information content (AvgIpc) is 3.08. The molecular formula is C22H18N4O5S. The minimum Gasteiger partial charge on any atom is -0.463 e. The van der Waals surface area contributed by atoms with Crippen LogP contribution >= 0.6 is 11.3 Å². The van der Waals surface area contributed by atoms with Gasteiger partial charge in [0.05, 0.1) is 39.1 Å². The molecule has 0 saturated carbocycles. The number of carbonyl (C=O) groups excluding carboxylic acids is 1. The van der Waals surface area contributed by atoms with Gasteiger partial charge in [0.15, 0.2) is 4.80 Å². The van der Waals surface area contributed by atoms with E-state index < -0.39 is 16.9 Å². The summed E-state index contributed by atoms with van der Waals surface area (Å²) >= 11 is 1.16. The van der Waals surface area contributed by atoms with Gasteiger partial charge in [0.25, 0.3) is 11.2 Å². The Labute approximate surface area is 185 Å². The van der Waals surface area contributed by atoms with Crippen molar-refractivity contribution < 1.29 is 14.5 Å². The Morgan fingerprint density at radius 3 is 2.81 bits per heavy atom. The van der Waals surface area contributed by atoms with Gasteiger partial charge in [0.2, 0.25) is 0 Å². The maximum atomic E-state index is 13.4. The Hall–Kier alpha value is -3.92. The number of benzene rings is 1. The van der Waals surface area contributed by atoms with Crippen LogP contribution in [-0.4, -0.2) is 27.1 Å². The topological polar surface area (TPSA) is 117 Å². The summed E-state index contributed by atoms with van der Waals surface area (Å²) in [6.45, 7) is 3.48. The number of nitro groups is 1. The number of carbonyl (C=O) groups is 1. The van der Waals surface area contributed by atoms with Gasteiger partial charge in [-0.3, -0.25) is 24.5 Å². The van der Waals surface area contributed by atoms with Crippen molar-refractivity contribution in [3.8, 4) is 0 Å². The number of allylic oxidation sites excluding steroid dienone is 1. The summed E-state index contributed by atoms with van der Waals surface area (Å²) in [6.07, 6.45) is 3.27. The smallest absolute Gasteiger partial charge is 0.338 e. The number of nitro benzene ring substituents is 1. The summed E-state index contributed by atoms with van der Waals surface area (Å²) < 4.78 is 6.99. The molecule has 0 saturated heterocycles. The number of esters is 1. The van der Waals surface area contributed by atoms with Gasteiger partial charge in [-0.25, -0.2) is 9.79 Å². The molecule has 0 fully saturated rings. The highest BCUT2D eigenvalue weighted by atomic mass is 32.1. The van der Waals surface area contributed by atoms with Crippen molar-refractivity contribution in [2.75, 3.05) is 6.61 Å². The van der Waals surface area contributed by atoms with Crippen LogP contribution in [0.3, 0.4) is 0 Å². The first kappa shape index (κ1) is 21.3. The summed E-state index contributed by atoms with van der Waals surface area (Å²) in [4.78, 5) is 46.1. The number of ether oxygens (including phenoxy) is 1. The SMILES string of the molecule is CCOC(=O)C1=C(C)N=c2s/c(=C\c3ccccn3)c(=O)n2C1c1cccc([N+](=O)[O-])c1. The van der Waals surface area contributed by atoms with Crippen LogP contribution in [0.15, 0.2) is 69.7 Å². The fraction of sp³-hybridized carbons (Fsp3) is 0.182. The largest absolute Gasteiger partial charge is 0.463 e. The van der Waals surface area contributed by atoms with Crippen LogP contribution in [0.2, 0.25) is 0 Å². The number of hydrogen-bond donors (Lipinski definition) is 0. The molecule has 0 amide bonds. The molecule has 0 spiro atoms. The molecule has 0 radical (unpaired) electrons. The quantitative estimate of drug-likeness (QED) is 0.334. The van der Waals surface area contributed by atoms with Gasteiger partial charge in [-0.05, 0) is 37.6 Å². The lowest BCUT2D eigenvalue weighted by Crippen LogP contribution is -2.40. The van der Waals surface area contributed by atoms with Gasteiger partial charge < -0.3 is 4.74 Å². The molecule has 4 rings (SSSR count). The monoisotopic (exact) mass is 450 g/mol. The molecule has 32 heavy (non-hydrogen) atoms. The number of aromatic nitrogens is 2. The lowest BCUT2D eigenvalue weighted by atomic mass is 9.95. The van der Waals surface area contributed by atoms with Crippen molar-refractivity contribution in [1.29, 1.82) is 0 Å². The van der Waals surface area contributed by atoms with E-state index in [9.17, 15) is 19.7 Å². The van der Waals surface area contributed by atoms with Gasteiger partial charge in [-0.15, -0.1) is 0 Å². The highest BCUT2D eigenvalue weighted by Gasteiger charge is 2.34. The lowest BCUT2D eigenvalue weighted by molar-refractivity contribution is -0.384. The van der Waals surface area contributed by atoms with Crippen molar-refractivity contribution in [3.63, 3.8) is 0 Å². The fourth-order valence-corrected chi connectivity index (χ4v) is 4.54. The molecule has 1 aliphatic heterocycles. The van der Waals surface area contributed by atoms with Crippen LogP contribution in [0, 0.1) is 10.1 Å². The van der Waals surface area contributed by atoms with E-state index in [4.69, 9.17) is 4.74 Å². The van der Waals surface area contributed by atoms with E-state index in [1.807, 2.05) is 6.07 Å². The molecular weight excluding hydrogens is 432 g/mol. The Morgan fingerprint density at radius 2 is 2.12 bits per heavy atom. The zero-order valence-electron chi connectivity index (χ0n) is 17.2. The van der Waals surface area contributed by atoms with E-state index in [-0.39, 0.29) is 23.4 Å². The second-order valence-electron chi connectivity index (χ2n) is 6.91. The molecule has 1 aromatic carbocycles. The number of non-ortho nitro benzene ring substituents is 1. The van der Waals surface area contributed by atoms with Gasteiger partial charge in [-0.2, -0.15) is 0 Å².